The Morgan fingerprint density at radius 1 is 1.29 bits per heavy atom. The number of rotatable bonds is 4. The topological polar surface area (TPSA) is 70.2 Å². The van der Waals surface area contributed by atoms with Crippen molar-refractivity contribution in [3.63, 3.8) is 0 Å². The van der Waals surface area contributed by atoms with Crippen LogP contribution in [0, 0.1) is 5.41 Å². The lowest BCUT2D eigenvalue weighted by Crippen LogP contribution is -2.46. The number of hydrogen-bond acceptors (Lipinski definition) is 3. The minimum Gasteiger partial charge on any atom is -0.359 e. The molecule has 0 bridgehead atoms. The molecule has 0 saturated carbocycles. The maximum atomic E-state index is 12.4. The second kappa shape index (κ2) is 6.72. The Morgan fingerprint density at radius 3 is 2.57 bits per heavy atom. The molecule has 2 rings (SSSR count). The normalized spacial score (nSPS) is 21.6. The molecule has 1 aromatic rings. The van der Waals surface area contributed by atoms with Crippen LogP contribution in [0.25, 0.3) is 0 Å². The molecule has 0 spiro atoms. The van der Waals surface area contributed by atoms with E-state index in [1.54, 1.807) is 7.05 Å². The summed E-state index contributed by atoms with van der Waals surface area (Å²) in [7, 11) is 1.62. The first-order valence-corrected chi connectivity index (χ1v) is 7.35. The molecule has 3 N–H and O–H groups in total. The van der Waals surface area contributed by atoms with E-state index in [2.05, 4.69) is 16.0 Å². The van der Waals surface area contributed by atoms with Gasteiger partial charge < -0.3 is 16.0 Å². The molecule has 1 aromatic carbocycles. The fourth-order valence-corrected chi connectivity index (χ4v) is 2.51. The first-order valence-electron chi connectivity index (χ1n) is 7.35. The standard InChI is InChI=1S/C16H23N3O2/c1-16(8-3-9-18-11-16)15(21)19-13-6-4-12(5-7-13)10-14(20)17-2/h4-7,18H,3,8-11H2,1-2H3,(H,17,20)(H,19,21). The lowest BCUT2D eigenvalue weighted by Gasteiger charge is -2.32. The van der Waals surface area contributed by atoms with E-state index in [0.29, 0.717) is 13.0 Å². The summed E-state index contributed by atoms with van der Waals surface area (Å²) in [6.45, 7) is 3.69. The number of anilines is 1. The number of piperidine rings is 1. The summed E-state index contributed by atoms with van der Waals surface area (Å²) in [5, 5.41) is 8.83. The predicted octanol–water partition coefficient (Wildman–Crippen LogP) is 1.30. The average Bonchev–Trinajstić information content (AvgIpc) is 2.50. The van der Waals surface area contributed by atoms with Gasteiger partial charge >= 0.3 is 0 Å². The van der Waals surface area contributed by atoms with Gasteiger partial charge in [-0.2, -0.15) is 0 Å². The van der Waals surface area contributed by atoms with E-state index in [4.69, 9.17) is 0 Å². The largest absolute Gasteiger partial charge is 0.359 e. The zero-order valence-corrected chi connectivity index (χ0v) is 12.7. The molecule has 0 radical (unpaired) electrons. The molecule has 5 heteroatoms. The molecule has 0 aromatic heterocycles. The van der Waals surface area contributed by atoms with Crippen LogP contribution in [0.3, 0.4) is 0 Å². The molecular weight excluding hydrogens is 266 g/mol. The fourth-order valence-electron chi connectivity index (χ4n) is 2.51. The van der Waals surface area contributed by atoms with Crippen molar-refractivity contribution in [2.24, 2.45) is 5.41 Å². The van der Waals surface area contributed by atoms with E-state index in [1.807, 2.05) is 31.2 Å². The zero-order valence-electron chi connectivity index (χ0n) is 12.7. The number of benzene rings is 1. The number of amides is 2. The Labute approximate surface area is 125 Å². The van der Waals surface area contributed by atoms with Crippen molar-refractivity contribution in [3.05, 3.63) is 29.8 Å². The van der Waals surface area contributed by atoms with Gasteiger partial charge in [0.05, 0.1) is 11.8 Å². The Hall–Kier alpha value is -1.88. The highest BCUT2D eigenvalue weighted by Crippen LogP contribution is 2.27. The van der Waals surface area contributed by atoms with Crippen LogP contribution in [-0.4, -0.2) is 32.0 Å². The highest BCUT2D eigenvalue weighted by Gasteiger charge is 2.34. The number of nitrogens with one attached hydrogen (secondary N) is 3. The summed E-state index contributed by atoms with van der Waals surface area (Å²) in [6.07, 6.45) is 2.28. The SMILES string of the molecule is CNC(=O)Cc1ccc(NC(=O)C2(C)CCCNC2)cc1. The number of carbonyl (C=O) groups excluding carboxylic acids is 2. The number of hydrogen-bond donors (Lipinski definition) is 3. The summed E-state index contributed by atoms with van der Waals surface area (Å²) in [5.41, 5.74) is 1.35. The van der Waals surface area contributed by atoms with Gasteiger partial charge in [-0.1, -0.05) is 12.1 Å². The van der Waals surface area contributed by atoms with Crippen molar-refractivity contribution in [2.75, 3.05) is 25.5 Å². The van der Waals surface area contributed by atoms with E-state index in [1.165, 1.54) is 0 Å². The Balaban J connectivity index is 1.96. The van der Waals surface area contributed by atoms with Crippen LogP contribution < -0.4 is 16.0 Å². The van der Waals surface area contributed by atoms with Gasteiger partial charge in [-0.05, 0) is 44.0 Å². The summed E-state index contributed by atoms with van der Waals surface area (Å²) >= 11 is 0. The van der Waals surface area contributed by atoms with Gasteiger partial charge in [0, 0.05) is 19.3 Å². The van der Waals surface area contributed by atoms with Crippen LogP contribution in [-0.2, 0) is 16.0 Å². The molecule has 1 aliphatic rings. The molecule has 1 atom stereocenters. The Morgan fingerprint density at radius 2 is 2.00 bits per heavy atom. The maximum absolute atomic E-state index is 12.4. The number of carbonyl (C=O) groups is 2. The molecule has 1 aliphatic heterocycles. The van der Waals surface area contributed by atoms with Gasteiger partial charge in [-0.15, -0.1) is 0 Å². The highest BCUT2D eigenvalue weighted by molar-refractivity contribution is 5.95. The molecule has 2 amide bonds. The van der Waals surface area contributed by atoms with E-state index < -0.39 is 0 Å². The lowest BCUT2D eigenvalue weighted by molar-refractivity contribution is -0.125. The van der Waals surface area contributed by atoms with Crippen LogP contribution in [0.2, 0.25) is 0 Å². The van der Waals surface area contributed by atoms with Gasteiger partial charge in [-0.3, -0.25) is 9.59 Å². The first-order chi connectivity index (χ1) is 10.0. The zero-order chi connectivity index (χ0) is 15.3. The third-order valence-electron chi connectivity index (χ3n) is 4.00. The smallest absolute Gasteiger partial charge is 0.231 e. The molecule has 1 unspecified atom stereocenters. The van der Waals surface area contributed by atoms with Crippen molar-refractivity contribution in [2.45, 2.75) is 26.2 Å². The Kier molecular flexibility index (Phi) is 4.96. The van der Waals surface area contributed by atoms with Crippen molar-refractivity contribution in [1.82, 2.24) is 10.6 Å². The van der Waals surface area contributed by atoms with Crippen molar-refractivity contribution >= 4 is 17.5 Å². The van der Waals surface area contributed by atoms with Crippen molar-refractivity contribution in [3.8, 4) is 0 Å². The monoisotopic (exact) mass is 289 g/mol. The molecule has 114 valence electrons. The summed E-state index contributed by atoms with van der Waals surface area (Å²) in [5.74, 6) is 0.0290. The van der Waals surface area contributed by atoms with Crippen molar-refractivity contribution in [1.29, 1.82) is 0 Å². The quantitative estimate of drug-likeness (QED) is 0.782. The third kappa shape index (κ3) is 4.04. The first kappa shape index (κ1) is 15.5. The molecule has 5 nitrogen and oxygen atoms in total. The molecule has 1 saturated heterocycles. The van der Waals surface area contributed by atoms with E-state index >= 15 is 0 Å². The summed E-state index contributed by atoms with van der Waals surface area (Å²) in [4.78, 5) is 23.7. The van der Waals surface area contributed by atoms with Crippen LogP contribution in [0.4, 0.5) is 5.69 Å². The van der Waals surface area contributed by atoms with Crippen LogP contribution in [0.15, 0.2) is 24.3 Å². The third-order valence-corrected chi connectivity index (χ3v) is 4.00. The minimum absolute atomic E-state index is 0.0208. The Bertz CT molecular complexity index is 505. The molecular formula is C16H23N3O2. The van der Waals surface area contributed by atoms with Crippen LogP contribution in [0.5, 0.6) is 0 Å². The summed E-state index contributed by atoms with van der Waals surface area (Å²) in [6, 6.07) is 7.42. The van der Waals surface area contributed by atoms with Gasteiger partial charge in [0.25, 0.3) is 0 Å². The lowest BCUT2D eigenvalue weighted by atomic mass is 9.82. The van der Waals surface area contributed by atoms with Gasteiger partial charge in [0.2, 0.25) is 11.8 Å². The molecule has 0 aliphatic carbocycles. The molecule has 1 fully saturated rings. The van der Waals surface area contributed by atoms with Gasteiger partial charge in [0.1, 0.15) is 0 Å². The van der Waals surface area contributed by atoms with E-state index in [9.17, 15) is 9.59 Å². The van der Waals surface area contributed by atoms with Crippen molar-refractivity contribution < 1.29 is 9.59 Å². The predicted molar refractivity (Wildman–Crippen MR) is 83.1 cm³/mol. The fraction of sp³-hybridized carbons (Fsp3) is 0.500. The van der Waals surface area contributed by atoms with E-state index in [0.717, 1.165) is 30.6 Å². The maximum Gasteiger partial charge on any atom is 0.231 e. The summed E-state index contributed by atoms with van der Waals surface area (Å²) < 4.78 is 0. The second-order valence-electron chi connectivity index (χ2n) is 5.84. The average molecular weight is 289 g/mol. The van der Waals surface area contributed by atoms with Crippen LogP contribution in [0.1, 0.15) is 25.3 Å². The molecule has 21 heavy (non-hydrogen) atoms. The molecule has 1 heterocycles. The highest BCUT2D eigenvalue weighted by atomic mass is 16.2. The van der Waals surface area contributed by atoms with Gasteiger partial charge in [0.15, 0.2) is 0 Å². The van der Waals surface area contributed by atoms with Crippen LogP contribution >= 0.6 is 0 Å². The van der Waals surface area contributed by atoms with Gasteiger partial charge in [-0.25, -0.2) is 0 Å². The minimum atomic E-state index is -0.348. The van der Waals surface area contributed by atoms with E-state index in [-0.39, 0.29) is 17.2 Å². The second-order valence-corrected chi connectivity index (χ2v) is 5.84. The number of likely N-dealkylation sites (N-methyl/N-ethyl adjacent to an activating group) is 1.